The third-order valence-corrected chi connectivity index (χ3v) is 3.90. The molecule has 4 aromatic rings. The summed E-state index contributed by atoms with van der Waals surface area (Å²) in [4.78, 5) is 23.9. The van der Waals surface area contributed by atoms with Gasteiger partial charge in [0, 0.05) is 53.1 Å². The molecule has 0 spiro atoms. The molecule has 4 aromatic heterocycles. The predicted octanol–water partition coefficient (Wildman–Crippen LogP) is 4.91. The second-order valence-electron chi connectivity index (χ2n) is 5.57. The highest BCUT2D eigenvalue weighted by Crippen LogP contribution is 2.37. The fraction of sp³-hybridized carbons (Fsp3) is 0.0556. The molecular formula is C18H12ClF3N4O2. The van der Waals surface area contributed by atoms with E-state index in [4.69, 9.17) is 21.5 Å². The molecule has 0 unspecified atom stereocenters. The van der Waals surface area contributed by atoms with Crippen molar-refractivity contribution in [2.75, 3.05) is 0 Å². The van der Waals surface area contributed by atoms with E-state index in [1.807, 2.05) is 42.9 Å². The Morgan fingerprint density at radius 2 is 1.93 bits per heavy atom. The number of halogens is 4. The maximum Gasteiger partial charge on any atom is 0.490 e. The van der Waals surface area contributed by atoms with Crippen LogP contribution >= 0.6 is 11.6 Å². The summed E-state index contributed by atoms with van der Waals surface area (Å²) in [6, 6.07) is 7.91. The smallest absolute Gasteiger partial charge is 0.475 e. The van der Waals surface area contributed by atoms with E-state index in [-0.39, 0.29) is 0 Å². The number of carbonyl (C=O) groups is 1. The zero-order valence-corrected chi connectivity index (χ0v) is 14.7. The zero-order chi connectivity index (χ0) is 20.3. The molecule has 0 atom stereocenters. The van der Waals surface area contributed by atoms with Crippen LogP contribution in [-0.4, -0.2) is 37.2 Å². The first-order chi connectivity index (χ1) is 13.3. The van der Waals surface area contributed by atoms with Crippen molar-refractivity contribution in [2.45, 2.75) is 6.18 Å². The summed E-state index contributed by atoms with van der Waals surface area (Å²) >= 11 is 6.11. The zero-order valence-electron chi connectivity index (χ0n) is 14.0. The molecule has 28 heavy (non-hydrogen) atoms. The molecule has 0 amide bonds. The van der Waals surface area contributed by atoms with Crippen molar-refractivity contribution < 1.29 is 23.1 Å². The third-order valence-electron chi connectivity index (χ3n) is 3.70. The number of hydrogen-bond donors (Lipinski definition) is 3. The first kappa shape index (κ1) is 19.4. The molecule has 0 bridgehead atoms. The summed E-state index contributed by atoms with van der Waals surface area (Å²) in [6.45, 7) is 0. The number of hydrogen-bond acceptors (Lipinski definition) is 3. The van der Waals surface area contributed by atoms with Gasteiger partial charge >= 0.3 is 12.1 Å². The number of nitrogens with one attached hydrogen (secondary N) is 2. The van der Waals surface area contributed by atoms with Crippen LogP contribution in [0, 0.1) is 0 Å². The first-order valence-electron chi connectivity index (χ1n) is 7.78. The van der Waals surface area contributed by atoms with Crippen molar-refractivity contribution in [1.82, 2.24) is 19.9 Å². The number of aromatic amines is 2. The molecular weight excluding hydrogens is 397 g/mol. The Morgan fingerprint density at radius 1 is 1.18 bits per heavy atom. The highest BCUT2D eigenvalue weighted by Gasteiger charge is 2.38. The number of nitrogens with zero attached hydrogens (tertiary/aromatic N) is 2. The predicted molar refractivity (Wildman–Crippen MR) is 97.8 cm³/mol. The molecule has 144 valence electrons. The van der Waals surface area contributed by atoms with E-state index >= 15 is 0 Å². The van der Waals surface area contributed by atoms with E-state index < -0.39 is 12.1 Å². The topological polar surface area (TPSA) is 94.7 Å². The Morgan fingerprint density at radius 3 is 2.50 bits per heavy atom. The lowest BCUT2D eigenvalue weighted by atomic mass is 10.0. The molecule has 4 heterocycles. The highest BCUT2D eigenvalue weighted by atomic mass is 35.5. The van der Waals surface area contributed by atoms with E-state index in [0.29, 0.717) is 5.02 Å². The van der Waals surface area contributed by atoms with Gasteiger partial charge in [-0.25, -0.2) is 9.78 Å². The number of H-pyrrole nitrogens is 2. The van der Waals surface area contributed by atoms with E-state index in [1.165, 1.54) is 0 Å². The Kier molecular flexibility index (Phi) is 5.36. The number of pyridine rings is 2. The van der Waals surface area contributed by atoms with Gasteiger partial charge in [0.15, 0.2) is 0 Å². The summed E-state index contributed by atoms with van der Waals surface area (Å²) in [7, 11) is 0. The average Bonchev–Trinajstić information content (AvgIpc) is 3.29. The standard InChI is InChI=1S/C16H11ClN4.C2HF3O2/c17-12-6-13-14(10-2-1-4-18-7-10)15(11-3-5-19-8-11)21-16(13)20-9-12;3-2(4,5)1(6)7/h1-9,19H,(H,20,21);(H,6,7). The van der Waals surface area contributed by atoms with Crippen molar-refractivity contribution in [3.63, 3.8) is 0 Å². The van der Waals surface area contributed by atoms with Gasteiger partial charge in [-0.2, -0.15) is 13.2 Å². The van der Waals surface area contributed by atoms with Crippen LogP contribution < -0.4 is 0 Å². The minimum absolute atomic E-state index is 0.618. The highest BCUT2D eigenvalue weighted by molar-refractivity contribution is 6.31. The molecule has 0 aliphatic carbocycles. The molecule has 6 nitrogen and oxygen atoms in total. The summed E-state index contributed by atoms with van der Waals surface area (Å²) in [6.07, 6.45) is 4.02. The molecule has 0 aromatic carbocycles. The summed E-state index contributed by atoms with van der Waals surface area (Å²) < 4.78 is 31.7. The van der Waals surface area contributed by atoms with E-state index in [0.717, 1.165) is 33.4 Å². The van der Waals surface area contributed by atoms with Crippen LogP contribution in [0.5, 0.6) is 0 Å². The van der Waals surface area contributed by atoms with Crippen LogP contribution in [0.1, 0.15) is 0 Å². The summed E-state index contributed by atoms with van der Waals surface area (Å²) in [5.74, 6) is -2.76. The van der Waals surface area contributed by atoms with E-state index in [1.54, 1.807) is 12.4 Å². The van der Waals surface area contributed by atoms with E-state index in [2.05, 4.69) is 19.9 Å². The quantitative estimate of drug-likeness (QED) is 0.439. The van der Waals surface area contributed by atoms with Crippen molar-refractivity contribution in [3.05, 3.63) is 60.3 Å². The normalized spacial score (nSPS) is 11.1. The molecule has 0 saturated heterocycles. The summed E-state index contributed by atoms with van der Waals surface area (Å²) in [5, 5.41) is 8.74. The Hall–Kier alpha value is -3.33. The van der Waals surface area contributed by atoms with E-state index in [9.17, 15) is 13.2 Å². The molecule has 3 N–H and O–H groups in total. The van der Waals surface area contributed by atoms with Crippen LogP contribution in [0.25, 0.3) is 33.4 Å². The number of carboxylic acid groups (broad SMARTS) is 1. The second kappa shape index (κ2) is 7.73. The lowest BCUT2D eigenvalue weighted by Gasteiger charge is -2.03. The number of fused-ring (bicyclic) bond motifs is 1. The molecule has 10 heteroatoms. The van der Waals surface area contributed by atoms with Gasteiger partial charge in [-0.1, -0.05) is 17.7 Å². The fourth-order valence-corrected chi connectivity index (χ4v) is 2.71. The van der Waals surface area contributed by atoms with Gasteiger partial charge in [0.1, 0.15) is 5.65 Å². The van der Waals surface area contributed by atoms with Crippen molar-refractivity contribution in [3.8, 4) is 22.4 Å². The molecule has 0 aliphatic heterocycles. The van der Waals surface area contributed by atoms with Gasteiger partial charge in [0.2, 0.25) is 0 Å². The average molecular weight is 409 g/mol. The first-order valence-corrected chi connectivity index (χ1v) is 8.16. The van der Waals surface area contributed by atoms with Crippen molar-refractivity contribution in [2.24, 2.45) is 0 Å². The molecule has 0 aliphatic rings. The Balaban J connectivity index is 0.000000279. The number of alkyl halides is 3. The molecule has 0 saturated carbocycles. The number of carboxylic acids is 1. The van der Waals surface area contributed by atoms with Gasteiger partial charge in [0.25, 0.3) is 0 Å². The fourth-order valence-electron chi connectivity index (χ4n) is 2.55. The monoisotopic (exact) mass is 408 g/mol. The maximum atomic E-state index is 10.6. The molecule has 0 fully saturated rings. The minimum Gasteiger partial charge on any atom is -0.475 e. The molecule has 0 radical (unpaired) electrons. The van der Waals surface area contributed by atoms with Crippen LogP contribution in [-0.2, 0) is 4.79 Å². The van der Waals surface area contributed by atoms with Gasteiger partial charge < -0.3 is 15.1 Å². The van der Waals surface area contributed by atoms with Gasteiger partial charge in [-0.05, 0) is 18.2 Å². The summed E-state index contributed by atoms with van der Waals surface area (Å²) in [5.41, 5.74) is 4.99. The van der Waals surface area contributed by atoms with Crippen LogP contribution in [0.15, 0.2) is 55.2 Å². The third kappa shape index (κ3) is 4.15. The van der Waals surface area contributed by atoms with Crippen LogP contribution in [0.4, 0.5) is 13.2 Å². The molecule has 4 rings (SSSR count). The lowest BCUT2D eigenvalue weighted by Crippen LogP contribution is -2.21. The Labute approximate surface area is 161 Å². The largest absolute Gasteiger partial charge is 0.490 e. The number of aliphatic carboxylic acids is 1. The number of rotatable bonds is 2. The number of aromatic nitrogens is 4. The SMILES string of the molecule is Clc1cnc2[nH]c(-c3cc[nH]c3)c(-c3cccnc3)c2c1.O=C(O)C(F)(F)F. The maximum absolute atomic E-state index is 10.6. The lowest BCUT2D eigenvalue weighted by molar-refractivity contribution is -0.192. The second-order valence-corrected chi connectivity index (χ2v) is 6.01. The Bertz CT molecular complexity index is 1090. The van der Waals surface area contributed by atoms with Gasteiger partial charge in [-0.15, -0.1) is 0 Å². The van der Waals surface area contributed by atoms with Crippen molar-refractivity contribution >= 4 is 28.6 Å². The van der Waals surface area contributed by atoms with Gasteiger partial charge in [-0.3, -0.25) is 4.98 Å². The van der Waals surface area contributed by atoms with Gasteiger partial charge in [0.05, 0.1) is 10.7 Å². The minimum atomic E-state index is -5.08. The van der Waals surface area contributed by atoms with Crippen molar-refractivity contribution in [1.29, 1.82) is 0 Å². The van der Waals surface area contributed by atoms with Crippen LogP contribution in [0.3, 0.4) is 0 Å². The van der Waals surface area contributed by atoms with Crippen LogP contribution in [0.2, 0.25) is 5.02 Å².